The maximum Gasteiger partial charge on any atom is 0.271 e. The number of aromatic nitrogens is 1. The number of anilines is 2. The molecule has 3 aromatic rings. The van der Waals surface area contributed by atoms with E-state index in [1.165, 1.54) is 23.5 Å². The lowest BCUT2D eigenvalue weighted by molar-refractivity contribution is -0.384. The molecule has 3 rings (SSSR count). The first kappa shape index (κ1) is 14.0. The minimum atomic E-state index is -0.436. The number of hydrogen-bond donors (Lipinski definition) is 2. The number of nitrogens with one attached hydrogen (secondary N) is 1. The first-order valence-electron chi connectivity index (χ1n) is 6.38. The molecule has 0 unspecified atom stereocenters. The molecule has 22 heavy (non-hydrogen) atoms. The summed E-state index contributed by atoms with van der Waals surface area (Å²) in [6.07, 6.45) is 0. The minimum absolute atomic E-state index is 0.0281. The van der Waals surface area contributed by atoms with Gasteiger partial charge in [0, 0.05) is 28.8 Å². The van der Waals surface area contributed by atoms with Gasteiger partial charge in [-0.1, -0.05) is 6.07 Å². The molecule has 0 saturated heterocycles. The number of nitro benzene ring substituents is 1. The summed E-state index contributed by atoms with van der Waals surface area (Å²) in [4.78, 5) is 14.8. The molecule has 0 bridgehead atoms. The van der Waals surface area contributed by atoms with E-state index in [0.717, 1.165) is 11.3 Å². The van der Waals surface area contributed by atoms with Gasteiger partial charge in [-0.2, -0.15) is 0 Å². The molecule has 0 aliphatic rings. The fourth-order valence-corrected chi connectivity index (χ4v) is 2.66. The second kappa shape index (κ2) is 5.82. The summed E-state index contributed by atoms with van der Waals surface area (Å²) < 4.78 is 0. The molecule has 7 heteroatoms. The molecule has 0 fully saturated rings. The largest absolute Gasteiger partial charge is 0.508 e. The first-order valence-corrected chi connectivity index (χ1v) is 7.26. The summed E-state index contributed by atoms with van der Waals surface area (Å²) in [5, 5.41) is 25.6. The molecular formula is C15H11N3O3S. The predicted octanol–water partition coefficient (Wildman–Crippen LogP) is 4.17. The number of nitrogens with zero attached hydrogens (tertiary/aromatic N) is 2. The zero-order valence-electron chi connectivity index (χ0n) is 11.3. The van der Waals surface area contributed by atoms with Crippen molar-refractivity contribution in [2.24, 2.45) is 0 Å². The van der Waals surface area contributed by atoms with Crippen LogP contribution in [0.3, 0.4) is 0 Å². The van der Waals surface area contributed by atoms with Gasteiger partial charge >= 0.3 is 0 Å². The lowest BCUT2D eigenvalue weighted by Crippen LogP contribution is -1.92. The zero-order chi connectivity index (χ0) is 15.5. The Kier molecular flexibility index (Phi) is 3.71. The highest BCUT2D eigenvalue weighted by Crippen LogP contribution is 2.29. The van der Waals surface area contributed by atoms with Crippen molar-refractivity contribution in [2.45, 2.75) is 0 Å². The molecule has 1 aromatic heterocycles. The van der Waals surface area contributed by atoms with E-state index >= 15 is 0 Å². The highest BCUT2D eigenvalue weighted by atomic mass is 32.1. The Hall–Kier alpha value is -2.93. The molecule has 6 nitrogen and oxygen atoms in total. The molecule has 0 radical (unpaired) electrons. The number of thiazole rings is 1. The smallest absolute Gasteiger partial charge is 0.271 e. The summed E-state index contributed by atoms with van der Waals surface area (Å²) >= 11 is 1.40. The molecule has 0 amide bonds. The van der Waals surface area contributed by atoms with Crippen molar-refractivity contribution >= 4 is 27.8 Å². The average Bonchev–Trinajstić information content (AvgIpc) is 2.96. The van der Waals surface area contributed by atoms with Crippen LogP contribution in [0.4, 0.5) is 16.5 Å². The van der Waals surface area contributed by atoms with E-state index in [1.807, 2.05) is 5.38 Å². The van der Waals surface area contributed by atoms with Gasteiger partial charge in [-0.15, -0.1) is 11.3 Å². The van der Waals surface area contributed by atoms with Crippen LogP contribution >= 0.6 is 11.3 Å². The topological polar surface area (TPSA) is 88.3 Å². The van der Waals surface area contributed by atoms with E-state index < -0.39 is 4.92 Å². The van der Waals surface area contributed by atoms with Crippen LogP contribution in [0.2, 0.25) is 0 Å². The van der Waals surface area contributed by atoms with Gasteiger partial charge in [-0.05, 0) is 30.3 Å². The highest BCUT2D eigenvalue weighted by molar-refractivity contribution is 7.14. The quantitative estimate of drug-likeness (QED) is 0.557. The van der Waals surface area contributed by atoms with E-state index in [1.54, 1.807) is 36.4 Å². The third-order valence-electron chi connectivity index (χ3n) is 2.98. The van der Waals surface area contributed by atoms with Gasteiger partial charge in [0.1, 0.15) is 5.75 Å². The fourth-order valence-electron chi connectivity index (χ4n) is 1.92. The van der Waals surface area contributed by atoms with Gasteiger partial charge in [-0.25, -0.2) is 4.98 Å². The van der Waals surface area contributed by atoms with Crippen molar-refractivity contribution in [2.75, 3.05) is 5.32 Å². The van der Waals surface area contributed by atoms with Crippen molar-refractivity contribution in [3.05, 3.63) is 64.0 Å². The number of nitro groups is 1. The molecule has 110 valence electrons. The van der Waals surface area contributed by atoms with Crippen LogP contribution in [0.15, 0.2) is 53.9 Å². The highest BCUT2D eigenvalue weighted by Gasteiger charge is 2.08. The van der Waals surface area contributed by atoms with E-state index in [2.05, 4.69) is 10.3 Å². The number of rotatable bonds is 4. The Morgan fingerprint density at radius 1 is 1.18 bits per heavy atom. The Labute approximate surface area is 129 Å². The second-order valence-corrected chi connectivity index (χ2v) is 5.38. The number of benzene rings is 2. The number of hydrogen-bond acceptors (Lipinski definition) is 6. The van der Waals surface area contributed by atoms with Crippen molar-refractivity contribution in [1.82, 2.24) is 4.98 Å². The van der Waals surface area contributed by atoms with E-state index in [0.29, 0.717) is 10.8 Å². The summed E-state index contributed by atoms with van der Waals surface area (Å²) in [5.74, 6) is 0.203. The van der Waals surface area contributed by atoms with Crippen molar-refractivity contribution in [3.8, 4) is 17.0 Å². The number of non-ortho nitro benzene ring substituents is 1. The molecule has 1 heterocycles. The predicted molar refractivity (Wildman–Crippen MR) is 85.6 cm³/mol. The number of phenolic OH excluding ortho intramolecular Hbond substituents is 1. The van der Waals surface area contributed by atoms with Crippen LogP contribution in [0, 0.1) is 10.1 Å². The molecule has 0 aliphatic heterocycles. The Morgan fingerprint density at radius 3 is 2.68 bits per heavy atom. The van der Waals surface area contributed by atoms with Crippen LogP contribution in [0.1, 0.15) is 0 Å². The molecule has 0 spiro atoms. The van der Waals surface area contributed by atoms with Crippen LogP contribution < -0.4 is 5.32 Å². The zero-order valence-corrected chi connectivity index (χ0v) is 12.1. The van der Waals surface area contributed by atoms with Gasteiger partial charge in [0.05, 0.1) is 10.6 Å². The fraction of sp³-hybridized carbons (Fsp3) is 0. The SMILES string of the molecule is O=[N+]([O-])c1cccc(Nc2nc(-c3ccc(O)cc3)cs2)c1. The van der Waals surface area contributed by atoms with Crippen molar-refractivity contribution < 1.29 is 10.0 Å². The van der Waals surface area contributed by atoms with Crippen LogP contribution in [0.25, 0.3) is 11.3 Å². The minimum Gasteiger partial charge on any atom is -0.508 e. The van der Waals surface area contributed by atoms with Gasteiger partial charge < -0.3 is 10.4 Å². The van der Waals surface area contributed by atoms with Gasteiger partial charge in [-0.3, -0.25) is 10.1 Å². The second-order valence-electron chi connectivity index (χ2n) is 4.52. The van der Waals surface area contributed by atoms with Crippen LogP contribution in [0.5, 0.6) is 5.75 Å². The van der Waals surface area contributed by atoms with Crippen molar-refractivity contribution in [1.29, 1.82) is 0 Å². The third kappa shape index (κ3) is 3.04. The number of aromatic hydroxyl groups is 1. The van der Waals surface area contributed by atoms with Crippen LogP contribution in [-0.4, -0.2) is 15.0 Å². The van der Waals surface area contributed by atoms with Gasteiger partial charge in [0.25, 0.3) is 5.69 Å². The lowest BCUT2D eigenvalue weighted by Gasteiger charge is -2.02. The summed E-state index contributed by atoms with van der Waals surface area (Å²) in [6, 6.07) is 13.0. The number of phenols is 1. The molecule has 2 aromatic carbocycles. The molecule has 0 saturated carbocycles. The van der Waals surface area contributed by atoms with Crippen molar-refractivity contribution in [3.63, 3.8) is 0 Å². The maximum atomic E-state index is 10.8. The summed E-state index contributed by atoms with van der Waals surface area (Å²) in [5.41, 5.74) is 2.31. The standard InChI is InChI=1S/C15H11N3O3S/c19-13-6-4-10(5-7-13)14-9-22-15(17-14)16-11-2-1-3-12(8-11)18(20)21/h1-9,19H,(H,16,17). The Morgan fingerprint density at radius 2 is 1.95 bits per heavy atom. The first-order chi connectivity index (χ1) is 10.6. The normalized spacial score (nSPS) is 10.4. The molecular weight excluding hydrogens is 302 g/mol. The Balaban J connectivity index is 1.81. The summed E-state index contributed by atoms with van der Waals surface area (Å²) in [6.45, 7) is 0. The Bertz CT molecular complexity index is 815. The third-order valence-corrected chi connectivity index (χ3v) is 3.73. The van der Waals surface area contributed by atoms with Gasteiger partial charge in [0.2, 0.25) is 0 Å². The van der Waals surface area contributed by atoms with Gasteiger partial charge in [0.15, 0.2) is 5.13 Å². The maximum absolute atomic E-state index is 10.8. The molecule has 0 atom stereocenters. The lowest BCUT2D eigenvalue weighted by atomic mass is 10.2. The van der Waals surface area contributed by atoms with E-state index in [9.17, 15) is 15.2 Å². The monoisotopic (exact) mass is 313 g/mol. The average molecular weight is 313 g/mol. The van der Waals surface area contributed by atoms with E-state index in [-0.39, 0.29) is 11.4 Å². The summed E-state index contributed by atoms with van der Waals surface area (Å²) in [7, 11) is 0. The van der Waals surface area contributed by atoms with E-state index in [4.69, 9.17) is 0 Å². The molecule has 0 aliphatic carbocycles. The van der Waals surface area contributed by atoms with Crippen LogP contribution in [-0.2, 0) is 0 Å². The molecule has 2 N–H and O–H groups in total.